The van der Waals surface area contributed by atoms with Crippen molar-refractivity contribution in [3.8, 4) is 0 Å². The van der Waals surface area contributed by atoms with E-state index < -0.39 is 0 Å². The van der Waals surface area contributed by atoms with Crippen LogP contribution < -0.4 is 26.2 Å². The fraction of sp³-hybridized carbons (Fsp3) is 0.463. The molecular weight excluding hydrogens is 860 g/mol. The molecule has 0 bridgehead atoms. The Labute approximate surface area is 425 Å². The first-order valence-corrected chi connectivity index (χ1v) is 27.7. The van der Waals surface area contributed by atoms with Gasteiger partial charge in [-0.1, -0.05) is 145 Å². The first-order chi connectivity index (χ1) is 33.5. The average Bonchev–Trinajstić information content (AvgIpc) is 3.78. The maximum Gasteiger partial charge on any atom is 0.252 e. The van der Waals surface area contributed by atoms with Crippen LogP contribution in [0.3, 0.4) is 0 Å². The Bertz CT molecular complexity index is 3440. The molecule has 0 N–H and O–H groups in total. The van der Waals surface area contributed by atoms with Gasteiger partial charge in [0.1, 0.15) is 5.58 Å². The van der Waals surface area contributed by atoms with Crippen molar-refractivity contribution >= 4 is 79.2 Å². The summed E-state index contributed by atoms with van der Waals surface area (Å²) in [6.07, 6.45) is 12.3. The lowest BCUT2D eigenvalue weighted by Crippen LogP contribution is -2.61. The van der Waals surface area contributed by atoms with Crippen molar-refractivity contribution in [3.05, 3.63) is 135 Å². The molecule has 7 aromatic rings. The van der Waals surface area contributed by atoms with Gasteiger partial charge in [-0.05, 0) is 206 Å². The number of furan rings is 1. The number of rotatable bonds is 3. The molecule has 4 heteroatoms. The second-order valence-electron chi connectivity index (χ2n) is 27.7. The number of aryl methyl sites for hydroxylation is 2. The van der Waals surface area contributed by atoms with Crippen LogP contribution in [-0.2, 0) is 32.5 Å². The fourth-order valence-corrected chi connectivity index (χ4v) is 15.8. The number of anilines is 6. The highest BCUT2D eigenvalue weighted by molar-refractivity contribution is 7.00. The topological polar surface area (TPSA) is 19.6 Å². The number of hydrogen-bond donors (Lipinski definition) is 0. The molecular formula is C67H77BN2O. The third-order valence-electron chi connectivity index (χ3n) is 20.0. The Morgan fingerprint density at radius 3 is 1.66 bits per heavy atom. The van der Waals surface area contributed by atoms with Crippen LogP contribution in [0.2, 0.25) is 0 Å². The summed E-state index contributed by atoms with van der Waals surface area (Å²) in [6, 6.07) is 35.1. The van der Waals surface area contributed by atoms with E-state index in [0.29, 0.717) is 5.92 Å². The second-order valence-corrected chi connectivity index (χ2v) is 27.7. The highest BCUT2D eigenvalue weighted by atomic mass is 16.3. The molecule has 6 aliphatic rings. The molecule has 4 aliphatic carbocycles. The van der Waals surface area contributed by atoms with E-state index in [0.717, 1.165) is 17.6 Å². The van der Waals surface area contributed by atoms with Crippen LogP contribution in [0.4, 0.5) is 34.1 Å². The minimum absolute atomic E-state index is 0.00345. The van der Waals surface area contributed by atoms with Gasteiger partial charge in [0.25, 0.3) is 6.71 Å². The first-order valence-electron chi connectivity index (χ1n) is 27.7. The monoisotopic (exact) mass is 937 g/mol. The van der Waals surface area contributed by atoms with E-state index in [-0.39, 0.29) is 39.2 Å². The summed E-state index contributed by atoms with van der Waals surface area (Å²) < 4.78 is 7.54. The van der Waals surface area contributed by atoms with Gasteiger partial charge in [0.15, 0.2) is 5.58 Å². The molecule has 0 amide bonds. The quantitative estimate of drug-likeness (QED) is 0.165. The van der Waals surface area contributed by atoms with Gasteiger partial charge in [0.2, 0.25) is 0 Å². The van der Waals surface area contributed by atoms with E-state index >= 15 is 0 Å². The smallest absolute Gasteiger partial charge is 0.252 e. The van der Waals surface area contributed by atoms with Gasteiger partial charge < -0.3 is 14.2 Å². The Morgan fingerprint density at radius 1 is 0.465 bits per heavy atom. The Balaban J connectivity index is 1.18. The largest absolute Gasteiger partial charge is 0.454 e. The highest BCUT2D eigenvalue weighted by Crippen LogP contribution is 2.57. The molecule has 364 valence electrons. The summed E-state index contributed by atoms with van der Waals surface area (Å²) in [4.78, 5) is 5.47. The summed E-state index contributed by atoms with van der Waals surface area (Å²) in [5.41, 5.74) is 27.6. The summed E-state index contributed by atoms with van der Waals surface area (Å²) in [6.45, 7) is 34.4. The molecule has 0 unspecified atom stereocenters. The van der Waals surface area contributed by atoms with Gasteiger partial charge in [-0.2, -0.15) is 0 Å². The van der Waals surface area contributed by atoms with Gasteiger partial charge in [0, 0.05) is 39.2 Å². The molecule has 71 heavy (non-hydrogen) atoms. The van der Waals surface area contributed by atoms with Crippen LogP contribution in [0, 0.1) is 13.8 Å². The van der Waals surface area contributed by atoms with Crippen LogP contribution in [0.5, 0.6) is 0 Å². The lowest BCUT2D eigenvalue weighted by Gasteiger charge is -2.47. The molecule has 0 saturated heterocycles. The Hall–Kier alpha value is -5.22. The van der Waals surface area contributed by atoms with Crippen molar-refractivity contribution in [2.75, 3.05) is 9.80 Å². The van der Waals surface area contributed by atoms with Crippen molar-refractivity contribution in [2.24, 2.45) is 0 Å². The van der Waals surface area contributed by atoms with E-state index in [1.165, 1.54) is 169 Å². The van der Waals surface area contributed by atoms with Crippen molar-refractivity contribution in [1.29, 1.82) is 0 Å². The molecule has 6 aromatic carbocycles. The summed E-state index contributed by atoms with van der Waals surface area (Å²) in [5.74, 6) is 0.510. The van der Waals surface area contributed by atoms with E-state index in [2.05, 4.69) is 192 Å². The SMILES string of the molecule is Cc1cc2c(cc1N1c3cc4c(cc3B3c5ccc6c(oc7cc8c(cc76)C(C)(C)CCC8(C)C)c5N(c5ccccc5C)c5cc(C6CCCCC6)cc1c53)C(C)(C)CC4(C)C)C(C)(C)CCC2(C)C. The van der Waals surface area contributed by atoms with Crippen LogP contribution in [-0.4, -0.2) is 6.71 Å². The molecule has 1 fully saturated rings. The lowest BCUT2D eigenvalue weighted by molar-refractivity contribution is 0.332. The third kappa shape index (κ3) is 6.46. The number of fused-ring (bicyclic) bond motifs is 11. The number of nitrogens with zero attached hydrogens (tertiary/aromatic N) is 2. The fourth-order valence-electron chi connectivity index (χ4n) is 15.8. The standard InChI is InChI=1S/C67H77BN2O/c1-39-20-18-19-23-53(39)70-57-32-42(41-21-16-15-17-22-41)31-56-59(57)68(51-25-24-43-44-33-46-50(37-58(44)71-61(43)60(51)70)65(9,10)29-27-63(46,5)6)52-34-47-49(67(13,14)38-66(47,11)12)36-55(52)69(56)54-35-48-45(30-40(54)2)62(3,4)26-28-64(48,7)8/h18-20,23-25,30-37,41H,15-17,21-22,26-29,38H2,1-14H3. The predicted molar refractivity (Wildman–Crippen MR) is 304 cm³/mol. The molecule has 1 aromatic heterocycles. The van der Waals surface area contributed by atoms with Crippen molar-refractivity contribution in [3.63, 3.8) is 0 Å². The summed E-state index contributed by atoms with van der Waals surface area (Å²) in [7, 11) is 0. The van der Waals surface area contributed by atoms with Crippen LogP contribution in [0.25, 0.3) is 21.9 Å². The zero-order chi connectivity index (χ0) is 49.7. The maximum atomic E-state index is 7.54. The minimum Gasteiger partial charge on any atom is -0.454 e. The van der Waals surface area contributed by atoms with Crippen molar-refractivity contribution in [2.45, 2.75) is 200 Å². The van der Waals surface area contributed by atoms with Crippen LogP contribution in [0.15, 0.2) is 89.3 Å². The molecule has 13 rings (SSSR count). The Kier molecular flexibility index (Phi) is 9.47. The van der Waals surface area contributed by atoms with Crippen LogP contribution >= 0.6 is 0 Å². The molecule has 1 saturated carbocycles. The predicted octanol–water partition coefficient (Wildman–Crippen LogP) is 17.0. The van der Waals surface area contributed by atoms with Crippen LogP contribution in [0.1, 0.15) is 203 Å². The lowest BCUT2D eigenvalue weighted by atomic mass is 9.33. The third-order valence-corrected chi connectivity index (χ3v) is 20.0. The van der Waals surface area contributed by atoms with Gasteiger partial charge in [-0.3, -0.25) is 0 Å². The summed E-state index contributed by atoms with van der Waals surface area (Å²) >= 11 is 0. The van der Waals surface area contributed by atoms with Crippen molar-refractivity contribution in [1.82, 2.24) is 0 Å². The minimum atomic E-state index is 0.00345. The highest BCUT2D eigenvalue weighted by Gasteiger charge is 2.50. The van der Waals surface area contributed by atoms with Gasteiger partial charge >= 0.3 is 0 Å². The second kappa shape index (κ2) is 14.7. The molecule has 0 atom stereocenters. The van der Waals surface area contributed by atoms with Gasteiger partial charge in [-0.25, -0.2) is 0 Å². The first kappa shape index (κ1) is 45.6. The zero-order valence-electron chi connectivity index (χ0n) is 45.6. The zero-order valence-corrected chi connectivity index (χ0v) is 45.6. The summed E-state index contributed by atoms with van der Waals surface area (Å²) in [5, 5.41) is 2.46. The number of para-hydroxylation sites is 1. The van der Waals surface area contributed by atoms with Gasteiger partial charge in [0.05, 0.1) is 5.69 Å². The molecule has 0 radical (unpaired) electrons. The molecule has 2 aliphatic heterocycles. The van der Waals surface area contributed by atoms with E-state index in [9.17, 15) is 0 Å². The number of hydrogen-bond acceptors (Lipinski definition) is 3. The van der Waals surface area contributed by atoms with E-state index in [1.54, 1.807) is 0 Å². The molecule has 0 spiro atoms. The van der Waals surface area contributed by atoms with E-state index in [1.807, 2.05) is 0 Å². The average molecular weight is 937 g/mol. The van der Waals surface area contributed by atoms with Crippen molar-refractivity contribution < 1.29 is 4.42 Å². The molecule has 3 heterocycles. The molecule has 3 nitrogen and oxygen atoms in total. The maximum absolute atomic E-state index is 7.54. The normalized spacial score (nSPS) is 21.6. The van der Waals surface area contributed by atoms with E-state index in [4.69, 9.17) is 4.42 Å². The Morgan fingerprint density at radius 2 is 1.01 bits per heavy atom. The van der Waals surface area contributed by atoms with Gasteiger partial charge in [-0.15, -0.1) is 0 Å². The number of benzene rings is 6.